The Hall–Kier alpha value is -1.98. The van der Waals surface area contributed by atoms with E-state index in [4.69, 9.17) is 9.47 Å². The van der Waals surface area contributed by atoms with Gasteiger partial charge >= 0.3 is 6.09 Å². The lowest BCUT2D eigenvalue weighted by molar-refractivity contribution is 0.0137. The average Bonchev–Trinajstić information content (AvgIpc) is 2.45. The van der Waals surface area contributed by atoms with Crippen molar-refractivity contribution in [3.63, 3.8) is 0 Å². The molecule has 0 radical (unpaired) electrons. The quantitative estimate of drug-likeness (QED) is 0.929. The number of hydrogen-bond acceptors (Lipinski definition) is 5. The van der Waals surface area contributed by atoms with Gasteiger partial charge in [0.25, 0.3) is 5.88 Å². The molecule has 0 unspecified atom stereocenters. The van der Waals surface area contributed by atoms with Crippen LogP contribution in [0.25, 0.3) is 0 Å². The van der Waals surface area contributed by atoms with Crippen molar-refractivity contribution in [1.29, 1.82) is 0 Å². The van der Waals surface area contributed by atoms with Gasteiger partial charge in [0.05, 0.1) is 6.61 Å². The summed E-state index contributed by atoms with van der Waals surface area (Å²) in [6, 6.07) is 3.18. The van der Waals surface area contributed by atoms with Gasteiger partial charge in [-0.05, 0) is 45.7 Å². The minimum absolute atomic E-state index is 0.0299. The van der Waals surface area contributed by atoms with E-state index in [2.05, 4.69) is 4.98 Å². The molecule has 0 saturated carbocycles. The Kier molecular flexibility index (Phi) is 5.11. The molecule has 1 amide bonds. The number of ether oxygens (including phenoxy) is 2. The number of hydrogen-bond donors (Lipinski definition) is 1. The lowest BCUT2D eigenvalue weighted by atomic mass is 9.99. The molecule has 1 aliphatic heterocycles. The Balaban J connectivity index is 1.86. The van der Waals surface area contributed by atoms with Crippen LogP contribution < -0.4 is 4.74 Å². The van der Waals surface area contributed by atoms with Crippen molar-refractivity contribution in [2.75, 3.05) is 19.7 Å². The van der Waals surface area contributed by atoms with Crippen LogP contribution in [0, 0.1) is 5.92 Å². The van der Waals surface area contributed by atoms with Gasteiger partial charge in [0, 0.05) is 25.2 Å². The fraction of sp³-hybridized carbons (Fsp3) is 0.625. The smallest absolute Gasteiger partial charge is 0.410 e. The van der Waals surface area contributed by atoms with Gasteiger partial charge in [-0.2, -0.15) is 0 Å². The zero-order valence-electron chi connectivity index (χ0n) is 13.4. The maximum Gasteiger partial charge on any atom is 0.410 e. The highest BCUT2D eigenvalue weighted by Crippen LogP contribution is 2.24. The molecule has 0 bridgehead atoms. The van der Waals surface area contributed by atoms with E-state index in [1.54, 1.807) is 17.2 Å². The Bertz CT molecular complexity index is 513. The topological polar surface area (TPSA) is 71.9 Å². The first-order valence-corrected chi connectivity index (χ1v) is 7.60. The van der Waals surface area contributed by atoms with Crippen molar-refractivity contribution in [1.82, 2.24) is 9.88 Å². The van der Waals surface area contributed by atoms with E-state index in [1.165, 1.54) is 6.07 Å². The van der Waals surface area contributed by atoms with E-state index in [-0.39, 0.29) is 23.6 Å². The molecule has 122 valence electrons. The molecule has 6 heteroatoms. The Morgan fingerprint density at radius 3 is 2.95 bits per heavy atom. The average molecular weight is 308 g/mol. The van der Waals surface area contributed by atoms with Crippen LogP contribution in [-0.4, -0.2) is 46.4 Å². The van der Waals surface area contributed by atoms with Crippen molar-refractivity contribution in [2.45, 2.75) is 39.2 Å². The highest BCUT2D eigenvalue weighted by molar-refractivity contribution is 5.68. The molecular formula is C16H24N2O4. The number of aromatic hydroxyl groups is 1. The summed E-state index contributed by atoms with van der Waals surface area (Å²) < 4.78 is 11.0. The van der Waals surface area contributed by atoms with Crippen LogP contribution in [0.3, 0.4) is 0 Å². The van der Waals surface area contributed by atoms with Gasteiger partial charge in [0.2, 0.25) is 0 Å². The highest BCUT2D eigenvalue weighted by Gasteiger charge is 2.28. The predicted molar refractivity (Wildman–Crippen MR) is 81.9 cm³/mol. The maximum absolute atomic E-state index is 12.1. The van der Waals surface area contributed by atoms with Crippen LogP contribution in [0.15, 0.2) is 18.3 Å². The molecule has 2 rings (SSSR count). The molecule has 1 aliphatic rings. The number of likely N-dealkylation sites (tertiary alicyclic amines) is 1. The summed E-state index contributed by atoms with van der Waals surface area (Å²) in [4.78, 5) is 17.8. The molecule has 1 saturated heterocycles. The fourth-order valence-electron chi connectivity index (χ4n) is 2.38. The minimum atomic E-state index is -0.486. The predicted octanol–water partition coefficient (Wildman–Crippen LogP) is 2.81. The molecule has 0 aromatic carbocycles. The number of rotatable bonds is 3. The lowest BCUT2D eigenvalue weighted by Gasteiger charge is -2.33. The Labute approximate surface area is 131 Å². The van der Waals surface area contributed by atoms with Crippen molar-refractivity contribution < 1.29 is 19.4 Å². The van der Waals surface area contributed by atoms with E-state index < -0.39 is 5.60 Å². The third-order valence-corrected chi connectivity index (χ3v) is 3.38. The number of carbonyl (C=O) groups excluding carboxylic acids is 1. The molecule has 1 atom stereocenters. The van der Waals surface area contributed by atoms with Crippen LogP contribution >= 0.6 is 0 Å². The Morgan fingerprint density at radius 1 is 1.50 bits per heavy atom. The van der Waals surface area contributed by atoms with Crippen LogP contribution in [-0.2, 0) is 4.74 Å². The second-order valence-corrected chi connectivity index (χ2v) is 6.57. The van der Waals surface area contributed by atoms with Gasteiger partial charge in [-0.1, -0.05) is 0 Å². The van der Waals surface area contributed by atoms with Gasteiger partial charge in [-0.25, -0.2) is 9.78 Å². The van der Waals surface area contributed by atoms with Gasteiger partial charge < -0.3 is 19.5 Å². The second-order valence-electron chi connectivity index (χ2n) is 6.57. The van der Waals surface area contributed by atoms with Gasteiger partial charge in [0.15, 0.2) is 5.75 Å². The molecule has 1 fully saturated rings. The van der Waals surface area contributed by atoms with Crippen LogP contribution in [0.4, 0.5) is 4.79 Å². The first-order valence-electron chi connectivity index (χ1n) is 7.60. The Morgan fingerprint density at radius 2 is 2.27 bits per heavy atom. The number of pyridine rings is 1. The molecule has 0 aliphatic carbocycles. The number of carbonyl (C=O) groups is 1. The summed E-state index contributed by atoms with van der Waals surface area (Å²) in [5.41, 5.74) is -0.486. The summed E-state index contributed by atoms with van der Waals surface area (Å²) in [6.07, 6.45) is 3.19. The SMILES string of the molecule is CC(C)(C)OC(=O)N1CCC[C@@H](COc2ncccc2O)C1. The summed E-state index contributed by atoms with van der Waals surface area (Å²) in [5, 5.41) is 9.64. The number of amides is 1. The van der Waals surface area contributed by atoms with E-state index >= 15 is 0 Å². The fourth-order valence-corrected chi connectivity index (χ4v) is 2.38. The normalized spacial score (nSPS) is 18.9. The molecule has 1 aromatic heterocycles. The summed E-state index contributed by atoms with van der Waals surface area (Å²) >= 11 is 0. The third kappa shape index (κ3) is 4.79. The first kappa shape index (κ1) is 16.4. The van der Waals surface area contributed by atoms with Crippen molar-refractivity contribution in [3.05, 3.63) is 18.3 Å². The van der Waals surface area contributed by atoms with Crippen LogP contribution in [0.1, 0.15) is 33.6 Å². The largest absolute Gasteiger partial charge is 0.503 e. The third-order valence-electron chi connectivity index (χ3n) is 3.38. The zero-order valence-corrected chi connectivity index (χ0v) is 13.4. The zero-order chi connectivity index (χ0) is 16.2. The first-order chi connectivity index (χ1) is 10.3. The summed E-state index contributed by atoms with van der Waals surface area (Å²) in [5.74, 6) is 0.474. The van der Waals surface area contributed by atoms with E-state index in [1.807, 2.05) is 20.8 Å². The molecule has 22 heavy (non-hydrogen) atoms. The van der Waals surface area contributed by atoms with Gasteiger partial charge in [-0.15, -0.1) is 0 Å². The summed E-state index contributed by atoms with van der Waals surface area (Å²) in [6.45, 7) is 7.31. The number of nitrogens with zero attached hydrogens (tertiary/aromatic N) is 2. The number of aromatic nitrogens is 1. The van der Waals surface area contributed by atoms with Crippen LogP contribution in [0.2, 0.25) is 0 Å². The van der Waals surface area contributed by atoms with E-state index in [0.717, 1.165) is 12.8 Å². The summed E-state index contributed by atoms with van der Waals surface area (Å²) in [7, 11) is 0. The molecular weight excluding hydrogens is 284 g/mol. The van der Waals surface area contributed by atoms with E-state index in [0.29, 0.717) is 19.7 Å². The molecule has 1 N–H and O–H groups in total. The van der Waals surface area contributed by atoms with Crippen molar-refractivity contribution >= 4 is 6.09 Å². The number of piperidine rings is 1. The second kappa shape index (κ2) is 6.85. The van der Waals surface area contributed by atoms with Gasteiger partial charge in [0.1, 0.15) is 5.60 Å². The van der Waals surface area contributed by atoms with Gasteiger partial charge in [-0.3, -0.25) is 0 Å². The highest BCUT2D eigenvalue weighted by atomic mass is 16.6. The minimum Gasteiger partial charge on any atom is -0.503 e. The molecule has 1 aromatic rings. The monoisotopic (exact) mass is 308 g/mol. The molecule has 2 heterocycles. The molecule has 0 spiro atoms. The lowest BCUT2D eigenvalue weighted by Crippen LogP contribution is -2.44. The maximum atomic E-state index is 12.1. The van der Waals surface area contributed by atoms with Crippen molar-refractivity contribution in [3.8, 4) is 11.6 Å². The van der Waals surface area contributed by atoms with E-state index in [9.17, 15) is 9.90 Å². The van der Waals surface area contributed by atoms with Crippen molar-refractivity contribution in [2.24, 2.45) is 5.92 Å². The van der Waals surface area contributed by atoms with Crippen LogP contribution in [0.5, 0.6) is 11.6 Å². The standard InChI is InChI=1S/C16H24N2O4/c1-16(2,3)22-15(20)18-9-5-6-12(10-18)11-21-14-13(19)7-4-8-17-14/h4,7-8,12,19H,5-6,9-11H2,1-3H3/t12-/m1/s1. The molecule has 6 nitrogen and oxygen atoms in total.